The van der Waals surface area contributed by atoms with E-state index in [0.717, 1.165) is 17.3 Å². The summed E-state index contributed by atoms with van der Waals surface area (Å²) in [5.41, 5.74) is 2.08. The average molecular weight is 655 g/mol. The van der Waals surface area contributed by atoms with Crippen molar-refractivity contribution in [1.29, 1.82) is 0 Å². The number of ether oxygens (including phenoxy) is 2. The predicted molar refractivity (Wildman–Crippen MR) is 171 cm³/mol. The molecule has 1 aromatic heterocycles. The maximum Gasteiger partial charge on any atom is 0.416 e. The van der Waals surface area contributed by atoms with Crippen molar-refractivity contribution in [2.45, 2.75) is 50.9 Å². The molecule has 6 nitrogen and oxygen atoms in total. The number of esters is 1. The van der Waals surface area contributed by atoms with Crippen molar-refractivity contribution in [3.05, 3.63) is 110 Å². The van der Waals surface area contributed by atoms with Gasteiger partial charge in [-0.25, -0.2) is 4.39 Å². The highest BCUT2D eigenvalue weighted by molar-refractivity contribution is 7.99. The lowest BCUT2D eigenvalue weighted by molar-refractivity contribution is -0.142. The smallest absolute Gasteiger partial charge is 0.416 e. The first-order valence-electron chi connectivity index (χ1n) is 14.8. The first-order valence-corrected chi connectivity index (χ1v) is 15.8. The van der Waals surface area contributed by atoms with E-state index in [4.69, 9.17) is 9.47 Å². The SMILES string of the molecule is CCOC(=O)Cc1ccc(NCC2CSc3c(Cc4c(C)cccc4C(F)(F)F)c(C)c(-c4cccc(OC)c4F)c(=O)n32)cc1. The molecule has 1 aliphatic heterocycles. The normalized spacial score (nSPS) is 14.2. The fourth-order valence-corrected chi connectivity index (χ4v) is 7.23. The number of aryl methyl sites for hydroxylation is 1. The minimum absolute atomic E-state index is 0.0278. The molecule has 1 N–H and O–H groups in total. The van der Waals surface area contributed by atoms with Crippen molar-refractivity contribution >= 4 is 23.4 Å². The molecule has 0 saturated carbocycles. The molecule has 4 aromatic rings. The van der Waals surface area contributed by atoms with Crippen LogP contribution in [0.25, 0.3) is 11.1 Å². The third-order valence-corrected chi connectivity index (χ3v) is 9.45. The number of methoxy groups -OCH3 is 1. The van der Waals surface area contributed by atoms with Crippen LogP contribution in [-0.4, -0.2) is 36.6 Å². The molecule has 1 aliphatic rings. The van der Waals surface area contributed by atoms with Gasteiger partial charge in [-0.05, 0) is 72.9 Å². The van der Waals surface area contributed by atoms with Gasteiger partial charge in [0.25, 0.3) is 5.56 Å². The van der Waals surface area contributed by atoms with Crippen LogP contribution in [-0.2, 0) is 28.5 Å². The summed E-state index contributed by atoms with van der Waals surface area (Å²) >= 11 is 1.41. The Morgan fingerprint density at radius 1 is 1.04 bits per heavy atom. The van der Waals surface area contributed by atoms with E-state index in [1.807, 2.05) is 24.3 Å². The Hall–Kier alpha value is -4.25. The van der Waals surface area contributed by atoms with Gasteiger partial charge in [-0.15, -0.1) is 11.8 Å². The van der Waals surface area contributed by atoms with Gasteiger partial charge in [-0.1, -0.05) is 36.4 Å². The van der Waals surface area contributed by atoms with Gasteiger partial charge in [0.1, 0.15) is 0 Å². The van der Waals surface area contributed by atoms with E-state index >= 15 is 4.39 Å². The lowest BCUT2D eigenvalue weighted by Crippen LogP contribution is -2.31. The van der Waals surface area contributed by atoms with Crippen LogP contribution < -0.4 is 15.6 Å². The Bertz CT molecular complexity index is 1820. The zero-order valence-corrected chi connectivity index (χ0v) is 26.7. The third kappa shape index (κ3) is 6.65. The Labute approximate surface area is 268 Å². The van der Waals surface area contributed by atoms with Gasteiger partial charge in [-0.2, -0.15) is 13.2 Å². The van der Waals surface area contributed by atoms with E-state index in [0.29, 0.717) is 40.6 Å². The number of alkyl halides is 3. The molecule has 46 heavy (non-hydrogen) atoms. The molecule has 242 valence electrons. The summed E-state index contributed by atoms with van der Waals surface area (Å²) in [5.74, 6) is -0.587. The van der Waals surface area contributed by atoms with Gasteiger partial charge in [0.2, 0.25) is 0 Å². The van der Waals surface area contributed by atoms with E-state index in [9.17, 15) is 22.8 Å². The summed E-state index contributed by atoms with van der Waals surface area (Å²) < 4.78 is 69.9. The number of rotatable bonds is 10. The highest BCUT2D eigenvalue weighted by Crippen LogP contribution is 2.42. The highest BCUT2D eigenvalue weighted by atomic mass is 32.2. The zero-order valence-electron chi connectivity index (χ0n) is 25.9. The van der Waals surface area contributed by atoms with E-state index in [2.05, 4.69) is 5.32 Å². The van der Waals surface area contributed by atoms with Gasteiger partial charge in [0.05, 0.1) is 42.3 Å². The molecule has 0 amide bonds. The summed E-state index contributed by atoms with van der Waals surface area (Å²) in [7, 11) is 1.33. The number of fused-ring (bicyclic) bond motifs is 1. The number of benzene rings is 3. The standard InChI is InChI=1S/C35H34F4N2O4S/c1-5-45-30(42)16-22-12-14-23(15-13-22)40-18-24-19-46-34-27(17-26-20(2)8-6-10-28(26)35(37,38)39)21(3)31(33(43)41(24)34)25-9-7-11-29(44-4)32(25)36/h6-15,24,40H,5,16-19H2,1-4H3. The number of anilines is 1. The second-order valence-corrected chi connectivity index (χ2v) is 12.1. The number of thioether (sulfide) groups is 1. The Morgan fingerprint density at radius 3 is 2.43 bits per heavy atom. The number of hydrogen-bond donors (Lipinski definition) is 1. The molecule has 0 radical (unpaired) electrons. The highest BCUT2D eigenvalue weighted by Gasteiger charge is 2.36. The largest absolute Gasteiger partial charge is 0.494 e. The molecule has 0 fully saturated rings. The van der Waals surface area contributed by atoms with Gasteiger partial charge < -0.3 is 14.8 Å². The second-order valence-electron chi connectivity index (χ2n) is 11.1. The van der Waals surface area contributed by atoms with Crippen molar-refractivity contribution in [3.8, 4) is 16.9 Å². The van der Waals surface area contributed by atoms with Gasteiger partial charge >= 0.3 is 12.1 Å². The first kappa shape index (κ1) is 33.1. The summed E-state index contributed by atoms with van der Waals surface area (Å²) in [4.78, 5) is 26.1. The molecular formula is C35H34F4N2O4S. The van der Waals surface area contributed by atoms with Crippen LogP contribution in [0.4, 0.5) is 23.2 Å². The minimum atomic E-state index is -4.57. The topological polar surface area (TPSA) is 69.6 Å². The van der Waals surface area contributed by atoms with Crippen LogP contribution in [0.5, 0.6) is 5.75 Å². The fourth-order valence-electron chi connectivity index (χ4n) is 5.84. The molecule has 0 saturated heterocycles. The van der Waals surface area contributed by atoms with Crippen molar-refractivity contribution in [2.75, 3.05) is 31.3 Å². The molecular weight excluding hydrogens is 620 g/mol. The van der Waals surface area contributed by atoms with E-state index in [-0.39, 0.29) is 47.3 Å². The molecule has 1 unspecified atom stereocenters. The number of hydrogen-bond acceptors (Lipinski definition) is 6. The minimum Gasteiger partial charge on any atom is -0.494 e. The van der Waals surface area contributed by atoms with E-state index < -0.39 is 23.1 Å². The maximum atomic E-state index is 15.7. The number of halogens is 4. The van der Waals surface area contributed by atoms with Crippen LogP contribution in [0, 0.1) is 19.7 Å². The van der Waals surface area contributed by atoms with E-state index in [1.165, 1.54) is 37.1 Å². The van der Waals surface area contributed by atoms with Crippen molar-refractivity contribution < 1.29 is 31.8 Å². The van der Waals surface area contributed by atoms with Crippen molar-refractivity contribution in [2.24, 2.45) is 0 Å². The second kappa shape index (κ2) is 13.6. The number of aromatic nitrogens is 1. The summed E-state index contributed by atoms with van der Waals surface area (Å²) in [5, 5.41) is 3.91. The van der Waals surface area contributed by atoms with Crippen LogP contribution >= 0.6 is 11.8 Å². The Morgan fingerprint density at radius 2 is 1.76 bits per heavy atom. The molecule has 0 aliphatic carbocycles. The predicted octanol–water partition coefficient (Wildman–Crippen LogP) is 7.75. The number of nitrogens with zero attached hydrogens (tertiary/aromatic N) is 1. The first-order chi connectivity index (χ1) is 21.9. The van der Waals surface area contributed by atoms with Crippen LogP contribution in [0.15, 0.2) is 70.5 Å². The maximum absolute atomic E-state index is 15.7. The lowest BCUT2D eigenvalue weighted by atomic mass is 9.90. The van der Waals surface area contributed by atoms with Crippen LogP contribution in [0.3, 0.4) is 0 Å². The van der Waals surface area contributed by atoms with Gasteiger partial charge in [-0.3, -0.25) is 14.2 Å². The zero-order chi connectivity index (χ0) is 33.2. The number of carbonyl (C=O) groups is 1. The molecule has 2 heterocycles. The molecule has 11 heteroatoms. The molecule has 0 spiro atoms. The third-order valence-electron chi connectivity index (χ3n) is 8.19. The van der Waals surface area contributed by atoms with Crippen LogP contribution in [0.2, 0.25) is 0 Å². The Balaban J connectivity index is 1.57. The number of pyridine rings is 1. The van der Waals surface area contributed by atoms with Crippen molar-refractivity contribution in [1.82, 2.24) is 4.57 Å². The number of carbonyl (C=O) groups excluding carboxylic acids is 1. The quantitative estimate of drug-likeness (QED) is 0.139. The fraction of sp³-hybridized carbons (Fsp3) is 0.314. The van der Waals surface area contributed by atoms with Crippen molar-refractivity contribution in [3.63, 3.8) is 0 Å². The average Bonchev–Trinajstić information content (AvgIpc) is 3.44. The van der Waals surface area contributed by atoms with Gasteiger partial charge in [0, 0.05) is 30.0 Å². The van der Waals surface area contributed by atoms with Crippen LogP contribution in [0.1, 0.15) is 46.3 Å². The summed E-state index contributed by atoms with van der Waals surface area (Å²) in [6.07, 6.45) is -4.51. The molecule has 3 aromatic carbocycles. The number of nitrogens with one attached hydrogen (secondary N) is 1. The van der Waals surface area contributed by atoms with Gasteiger partial charge in [0.15, 0.2) is 11.6 Å². The summed E-state index contributed by atoms with van der Waals surface area (Å²) in [6, 6.07) is 15.5. The molecule has 0 bridgehead atoms. The lowest BCUT2D eigenvalue weighted by Gasteiger charge is -2.23. The Kier molecular flexibility index (Phi) is 9.81. The molecule has 5 rings (SSSR count). The summed E-state index contributed by atoms with van der Waals surface area (Å²) in [6.45, 7) is 5.69. The molecule has 1 atom stereocenters. The monoisotopic (exact) mass is 654 g/mol. The van der Waals surface area contributed by atoms with E-state index in [1.54, 1.807) is 37.5 Å².